The Bertz CT molecular complexity index is 438. The van der Waals surface area contributed by atoms with Gasteiger partial charge in [-0.3, -0.25) is 4.79 Å². The number of nitrogens with zero attached hydrogens (tertiary/aromatic N) is 2. The van der Waals surface area contributed by atoms with E-state index in [9.17, 15) is 9.59 Å². The summed E-state index contributed by atoms with van der Waals surface area (Å²) in [5.41, 5.74) is -0.475. The molecule has 2 aliphatic rings. The Labute approximate surface area is 139 Å². The predicted molar refractivity (Wildman–Crippen MR) is 87.2 cm³/mol. The molecule has 0 radical (unpaired) electrons. The van der Waals surface area contributed by atoms with Crippen LogP contribution in [0.25, 0.3) is 0 Å². The second-order valence-electron chi connectivity index (χ2n) is 7.50. The molecule has 0 aromatic carbocycles. The van der Waals surface area contributed by atoms with Gasteiger partial charge in [0.15, 0.2) is 0 Å². The van der Waals surface area contributed by atoms with Crippen LogP contribution in [0.4, 0.5) is 4.79 Å². The SMILES string of the molecule is CCC1OCC(=O)N(C2CCN(C(=O)OC(C)(C)C)CC2)C1C. The number of piperidine rings is 1. The van der Waals surface area contributed by atoms with Gasteiger partial charge in [-0.05, 0) is 47.0 Å². The number of ether oxygens (including phenoxy) is 2. The molecule has 0 aromatic heterocycles. The summed E-state index contributed by atoms with van der Waals surface area (Å²) < 4.78 is 11.0. The molecule has 0 aromatic rings. The molecule has 23 heavy (non-hydrogen) atoms. The van der Waals surface area contributed by atoms with Crippen molar-refractivity contribution in [1.82, 2.24) is 9.80 Å². The van der Waals surface area contributed by atoms with Crippen LogP contribution in [-0.2, 0) is 14.3 Å². The maximum Gasteiger partial charge on any atom is 0.410 e. The number of hydrogen-bond donors (Lipinski definition) is 0. The molecule has 132 valence electrons. The molecule has 2 heterocycles. The first kappa shape index (κ1) is 18.0. The number of rotatable bonds is 2. The van der Waals surface area contributed by atoms with Gasteiger partial charge in [-0.15, -0.1) is 0 Å². The summed E-state index contributed by atoms with van der Waals surface area (Å²) in [6.45, 7) is 11.2. The van der Waals surface area contributed by atoms with Crippen molar-refractivity contribution in [2.75, 3.05) is 19.7 Å². The fourth-order valence-corrected chi connectivity index (χ4v) is 3.45. The van der Waals surface area contributed by atoms with Crippen molar-refractivity contribution in [3.63, 3.8) is 0 Å². The quantitative estimate of drug-likeness (QED) is 0.782. The van der Waals surface area contributed by atoms with Crippen molar-refractivity contribution in [3.8, 4) is 0 Å². The Morgan fingerprint density at radius 3 is 2.43 bits per heavy atom. The Kier molecular flexibility index (Phi) is 5.55. The van der Waals surface area contributed by atoms with Gasteiger partial charge in [0.1, 0.15) is 12.2 Å². The molecule has 2 unspecified atom stereocenters. The van der Waals surface area contributed by atoms with Crippen molar-refractivity contribution >= 4 is 12.0 Å². The third-order valence-electron chi connectivity index (χ3n) is 4.60. The molecule has 2 aliphatic heterocycles. The minimum absolute atomic E-state index is 0.0675. The Morgan fingerprint density at radius 2 is 1.91 bits per heavy atom. The van der Waals surface area contributed by atoms with Crippen molar-refractivity contribution < 1.29 is 19.1 Å². The third kappa shape index (κ3) is 4.37. The summed E-state index contributed by atoms with van der Waals surface area (Å²) in [6.07, 6.45) is 2.35. The number of carbonyl (C=O) groups excluding carboxylic acids is 2. The first-order valence-electron chi connectivity index (χ1n) is 8.63. The zero-order chi connectivity index (χ0) is 17.2. The minimum Gasteiger partial charge on any atom is -0.444 e. The molecular weight excluding hydrogens is 296 g/mol. The molecule has 0 N–H and O–H groups in total. The fraction of sp³-hybridized carbons (Fsp3) is 0.882. The molecule has 2 atom stereocenters. The number of hydrogen-bond acceptors (Lipinski definition) is 4. The molecule has 0 spiro atoms. The first-order valence-corrected chi connectivity index (χ1v) is 8.63. The van der Waals surface area contributed by atoms with Crippen LogP contribution in [0.5, 0.6) is 0 Å². The van der Waals surface area contributed by atoms with Gasteiger partial charge in [-0.2, -0.15) is 0 Å². The van der Waals surface area contributed by atoms with E-state index >= 15 is 0 Å². The van der Waals surface area contributed by atoms with Crippen LogP contribution in [-0.4, -0.2) is 65.3 Å². The van der Waals surface area contributed by atoms with Crippen molar-refractivity contribution in [2.24, 2.45) is 0 Å². The summed E-state index contributed by atoms with van der Waals surface area (Å²) in [7, 11) is 0. The van der Waals surface area contributed by atoms with Crippen LogP contribution < -0.4 is 0 Å². The summed E-state index contributed by atoms with van der Waals surface area (Å²) in [5.74, 6) is 0.0675. The van der Waals surface area contributed by atoms with Gasteiger partial charge in [0.05, 0.1) is 12.1 Å². The first-order chi connectivity index (χ1) is 10.7. The molecule has 2 saturated heterocycles. The van der Waals surface area contributed by atoms with Gasteiger partial charge in [-0.1, -0.05) is 6.92 Å². The maximum atomic E-state index is 12.3. The fourth-order valence-electron chi connectivity index (χ4n) is 3.45. The molecule has 0 saturated carbocycles. The van der Waals surface area contributed by atoms with Gasteiger partial charge < -0.3 is 19.3 Å². The van der Waals surface area contributed by atoms with Crippen LogP contribution in [0, 0.1) is 0 Å². The zero-order valence-corrected chi connectivity index (χ0v) is 15.0. The summed E-state index contributed by atoms with van der Waals surface area (Å²) in [6, 6.07) is 0.286. The van der Waals surface area contributed by atoms with Crippen LogP contribution >= 0.6 is 0 Å². The zero-order valence-electron chi connectivity index (χ0n) is 15.0. The highest BCUT2D eigenvalue weighted by Gasteiger charge is 2.39. The maximum absolute atomic E-state index is 12.3. The van der Waals surface area contributed by atoms with E-state index in [0.29, 0.717) is 13.1 Å². The molecule has 2 fully saturated rings. The lowest BCUT2D eigenvalue weighted by Crippen LogP contribution is -2.59. The normalized spacial score (nSPS) is 27.3. The highest BCUT2D eigenvalue weighted by Crippen LogP contribution is 2.26. The third-order valence-corrected chi connectivity index (χ3v) is 4.60. The van der Waals surface area contributed by atoms with Crippen molar-refractivity contribution in [2.45, 2.75) is 77.7 Å². The van der Waals surface area contributed by atoms with E-state index in [4.69, 9.17) is 9.47 Å². The Hall–Kier alpha value is -1.30. The molecule has 6 heteroatoms. The Morgan fingerprint density at radius 1 is 1.30 bits per heavy atom. The van der Waals surface area contributed by atoms with E-state index in [-0.39, 0.29) is 36.8 Å². The molecular formula is C17H30N2O4. The summed E-state index contributed by atoms with van der Waals surface area (Å²) in [4.78, 5) is 28.1. The van der Waals surface area contributed by atoms with Gasteiger partial charge in [0, 0.05) is 19.1 Å². The number of likely N-dealkylation sites (tertiary alicyclic amines) is 1. The lowest BCUT2D eigenvalue weighted by molar-refractivity contribution is -0.161. The van der Waals surface area contributed by atoms with Crippen molar-refractivity contribution in [1.29, 1.82) is 0 Å². The smallest absolute Gasteiger partial charge is 0.410 e. The monoisotopic (exact) mass is 326 g/mol. The van der Waals surface area contributed by atoms with E-state index in [1.54, 1.807) is 4.90 Å². The Balaban J connectivity index is 1.93. The van der Waals surface area contributed by atoms with Crippen LogP contribution in [0.1, 0.15) is 53.9 Å². The van der Waals surface area contributed by atoms with E-state index < -0.39 is 5.60 Å². The van der Waals surface area contributed by atoms with Crippen LogP contribution in [0.2, 0.25) is 0 Å². The number of amides is 2. The van der Waals surface area contributed by atoms with Crippen LogP contribution in [0.15, 0.2) is 0 Å². The highest BCUT2D eigenvalue weighted by atomic mass is 16.6. The average Bonchev–Trinajstić information content (AvgIpc) is 2.46. The summed E-state index contributed by atoms with van der Waals surface area (Å²) >= 11 is 0. The topological polar surface area (TPSA) is 59.1 Å². The van der Waals surface area contributed by atoms with Crippen molar-refractivity contribution in [3.05, 3.63) is 0 Å². The van der Waals surface area contributed by atoms with E-state index in [2.05, 4.69) is 13.8 Å². The summed E-state index contributed by atoms with van der Waals surface area (Å²) in [5, 5.41) is 0. The standard InChI is InChI=1S/C17H30N2O4/c1-6-14-12(2)19(15(20)11-22-14)13-7-9-18(10-8-13)16(21)23-17(3,4)5/h12-14H,6-11H2,1-5H3. The molecule has 0 aliphatic carbocycles. The van der Waals surface area contributed by atoms with Crippen LogP contribution in [0.3, 0.4) is 0 Å². The molecule has 6 nitrogen and oxygen atoms in total. The molecule has 0 bridgehead atoms. The average molecular weight is 326 g/mol. The largest absolute Gasteiger partial charge is 0.444 e. The lowest BCUT2D eigenvalue weighted by Gasteiger charge is -2.46. The van der Waals surface area contributed by atoms with Gasteiger partial charge in [0.25, 0.3) is 0 Å². The lowest BCUT2D eigenvalue weighted by atomic mass is 9.97. The number of morpholine rings is 1. The molecule has 2 amide bonds. The minimum atomic E-state index is -0.475. The van der Waals surface area contributed by atoms with E-state index in [0.717, 1.165) is 19.3 Å². The van der Waals surface area contributed by atoms with E-state index in [1.165, 1.54) is 0 Å². The van der Waals surface area contributed by atoms with E-state index in [1.807, 2.05) is 25.7 Å². The second-order valence-corrected chi connectivity index (χ2v) is 7.50. The van der Waals surface area contributed by atoms with Gasteiger partial charge in [-0.25, -0.2) is 4.79 Å². The number of carbonyl (C=O) groups is 2. The van der Waals surface area contributed by atoms with Gasteiger partial charge in [0.2, 0.25) is 5.91 Å². The second kappa shape index (κ2) is 7.07. The molecule has 2 rings (SSSR count). The van der Waals surface area contributed by atoms with Gasteiger partial charge >= 0.3 is 6.09 Å². The predicted octanol–water partition coefficient (Wildman–Crippen LogP) is 2.41. The highest BCUT2D eigenvalue weighted by molar-refractivity contribution is 5.79.